The number of rotatable bonds is 4. The Hall–Kier alpha value is -3.23. The predicted molar refractivity (Wildman–Crippen MR) is 83.0 cm³/mol. The van der Waals surface area contributed by atoms with Gasteiger partial charge in [-0.3, -0.25) is 14.8 Å². The Morgan fingerprint density at radius 3 is 2.64 bits per heavy atom. The Labute approximate surface area is 140 Å². The van der Waals surface area contributed by atoms with Crippen molar-refractivity contribution in [1.29, 1.82) is 0 Å². The first-order valence-electron chi connectivity index (χ1n) is 7.19. The van der Waals surface area contributed by atoms with Crippen molar-refractivity contribution in [3.05, 3.63) is 60.8 Å². The second-order valence-electron chi connectivity index (χ2n) is 5.11. The van der Waals surface area contributed by atoms with Gasteiger partial charge in [0.1, 0.15) is 6.54 Å². The van der Waals surface area contributed by atoms with Crippen molar-refractivity contribution in [2.75, 3.05) is 6.54 Å². The molecule has 0 saturated carbocycles. The Morgan fingerprint density at radius 1 is 1.16 bits per heavy atom. The molecule has 0 aliphatic rings. The number of hydrogen-bond acceptors (Lipinski definition) is 4. The molecular formula is C16H12F3N5O. The van der Waals surface area contributed by atoms with Crippen LogP contribution in [0.3, 0.4) is 0 Å². The molecule has 9 heteroatoms. The Kier molecular flexibility index (Phi) is 4.46. The van der Waals surface area contributed by atoms with Gasteiger partial charge in [0.05, 0.1) is 29.3 Å². The molecule has 0 fully saturated rings. The number of carbonyl (C=O) groups excluding carboxylic acids is 1. The molecule has 3 aromatic heterocycles. The Morgan fingerprint density at radius 2 is 2.00 bits per heavy atom. The summed E-state index contributed by atoms with van der Waals surface area (Å²) >= 11 is 0. The molecule has 0 saturated heterocycles. The minimum absolute atomic E-state index is 0.0488. The largest absolute Gasteiger partial charge is 0.405 e. The molecule has 0 radical (unpaired) electrons. The number of nitrogens with zero attached hydrogens (tertiary/aromatic N) is 4. The smallest absolute Gasteiger partial charge is 0.343 e. The van der Waals surface area contributed by atoms with Crippen LogP contribution in [0, 0.1) is 0 Å². The molecule has 0 spiro atoms. The molecule has 3 aromatic rings. The van der Waals surface area contributed by atoms with Crippen molar-refractivity contribution < 1.29 is 18.0 Å². The van der Waals surface area contributed by atoms with E-state index in [9.17, 15) is 18.0 Å². The van der Waals surface area contributed by atoms with Crippen LogP contribution in [-0.2, 0) is 0 Å². The summed E-state index contributed by atoms with van der Waals surface area (Å²) in [6.45, 7) is -1.38. The van der Waals surface area contributed by atoms with Gasteiger partial charge in [0.2, 0.25) is 0 Å². The molecule has 0 unspecified atom stereocenters. The van der Waals surface area contributed by atoms with Crippen LogP contribution in [0.1, 0.15) is 10.4 Å². The molecule has 0 atom stereocenters. The van der Waals surface area contributed by atoms with E-state index in [0.29, 0.717) is 11.3 Å². The van der Waals surface area contributed by atoms with Crippen molar-refractivity contribution in [3.8, 4) is 16.9 Å². The van der Waals surface area contributed by atoms with Gasteiger partial charge in [-0.15, -0.1) is 0 Å². The summed E-state index contributed by atoms with van der Waals surface area (Å²) in [6.07, 6.45) is 3.41. The fourth-order valence-electron chi connectivity index (χ4n) is 2.07. The molecule has 1 amide bonds. The molecule has 0 aromatic carbocycles. The third kappa shape index (κ3) is 4.19. The van der Waals surface area contributed by atoms with E-state index in [0.717, 1.165) is 5.69 Å². The number of pyridine rings is 2. The maximum absolute atomic E-state index is 12.1. The summed E-state index contributed by atoms with van der Waals surface area (Å²) in [5.74, 6) is -0.831. The fourth-order valence-corrected chi connectivity index (χ4v) is 2.07. The van der Waals surface area contributed by atoms with Crippen LogP contribution in [0.4, 0.5) is 13.2 Å². The Balaban J connectivity index is 1.73. The number of aromatic nitrogens is 4. The highest BCUT2D eigenvalue weighted by Gasteiger charge is 2.27. The SMILES string of the molecule is O=C(NCC(F)(F)F)c1ccc(-c2cnn(-c3cccnc3)c2)nc1. The number of carbonyl (C=O) groups is 1. The lowest BCUT2D eigenvalue weighted by Crippen LogP contribution is -2.33. The topological polar surface area (TPSA) is 72.7 Å². The standard InChI is InChI=1S/C16H12F3N5O/c17-16(18,19)10-22-15(25)11-3-4-14(21-6-11)12-7-23-24(9-12)13-2-1-5-20-8-13/h1-9H,10H2,(H,22,25). The number of nitrogens with one attached hydrogen (secondary N) is 1. The lowest BCUT2D eigenvalue weighted by atomic mass is 10.2. The number of alkyl halides is 3. The van der Waals surface area contributed by atoms with E-state index in [1.807, 2.05) is 6.07 Å². The van der Waals surface area contributed by atoms with Gasteiger partial charge in [-0.1, -0.05) is 0 Å². The minimum Gasteiger partial charge on any atom is -0.343 e. The number of hydrogen-bond donors (Lipinski definition) is 1. The van der Waals surface area contributed by atoms with Crippen molar-refractivity contribution in [2.45, 2.75) is 6.18 Å². The zero-order valence-corrected chi connectivity index (χ0v) is 12.7. The summed E-state index contributed by atoms with van der Waals surface area (Å²) in [5, 5.41) is 6.01. The molecular weight excluding hydrogens is 335 g/mol. The average molecular weight is 347 g/mol. The first-order valence-corrected chi connectivity index (χ1v) is 7.19. The van der Waals surface area contributed by atoms with Crippen LogP contribution in [0.5, 0.6) is 0 Å². The normalized spacial score (nSPS) is 11.3. The third-order valence-electron chi connectivity index (χ3n) is 3.26. The molecule has 0 bridgehead atoms. The quantitative estimate of drug-likeness (QED) is 0.787. The maximum Gasteiger partial charge on any atom is 0.405 e. The summed E-state index contributed by atoms with van der Waals surface area (Å²) in [7, 11) is 0. The highest BCUT2D eigenvalue weighted by molar-refractivity contribution is 5.94. The van der Waals surface area contributed by atoms with Gasteiger partial charge in [-0.2, -0.15) is 18.3 Å². The van der Waals surface area contributed by atoms with Crippen LogP contribution in [0.25, 0.3) is 16.9 Å². The highest BCUT2D eigenvalue weighted by atomic mass is 19.4. The van der Waals surface area contributed by atoms with Crippen molar-refractivity contribution in [1.82, 2.24) is 25.1 Å². The second kappa shape index (κ2) is 6.71. The Bertz CT molecular complexity index is 859. The fraction of sp³-hybridized carbons (Fsp3) is 0.125. The second-order valence-corrected chi connectivity index (χ2v) is 5.11. The number of halogens is 3. The first kappa shape index (κ1) is 16.6. The van der Waals surface area contributed by atoms with Crippen LogP contribution < -0.4 is 5.32 Å². The highest BCUT2D eigenvalue weighted by Crippen LogP contribution is 2.18. The van der Waals surface area contributed by atoms with Gasteiger partial charge in [-0.05, 0) is 24.3 Å². The van der Waals surface area contributed by atoms with Crippen molar-refractivity contribution in [2.24, 2.45) is 0 Å². The lowest BCUT2D eigenvalue weighted by Gasteiger charge is -2.08. The van der Waals surface area contributed by atoms with E-state index in [1.54, 1.807) is 46.9 Å². The van der Waals surface area contributed by atoms with E-state index < -0.39 is 18.6 Å². The first-order chi connectivity index (χ1) is 11.9. The molecule has 1 N–H and O–H groups in total. The third-order valence-corrected chi connectivity index (χ3v) is 3.26. The van der Waals surface area contributed by atoms with Gasteiger partial charge < -0.3 is 5.32 Å². The number of amides is 1. The molecule has 3 rings (SSSR count). The van der Waals surface area contributed by atoms with E-state index in [1.165, 1.54) is 12.3 Å². The molecule has 0 aliphatic heterocycles. The van der Waals surface area contributed by atoms with Crippen LogP contribution in [0.15, 0.2) is 55.2 Å². The summed E-state index contributed by atoms with van der Waals surface area (Å²) in [6, 6.07) is 6.58. The van der Waals surface area contributed by atoms with Crippen LogP contribution in [-0.4, -0.2) is 38.4 Å². The summed E-state index contributed by atoms with van der Waals surface area (Å²) in [5.41, 5.74) is 2.07. The summed E-state index contributed by atoms with van der Waals surface area (Å²) in [4.78, 5) is 19.8. The zero-order valence-electron chi connectivity index (χ0n) is 12.7. The van der Waals surface area contributed by atoms with Gasteiger partial charge in [0, 0.05) is 24.2 Å². The van der Waals surface area contributed by atoms with Gasteiger partial charge in [-0.25, -0.2) is 4.68 Å². The van der Waals surface area contributed by atoms with E-state index in [-0.39, 0.29) is 5.56 Å². The maximum atomic E-state index is 12.1. The van der Waals surface area contributed by atoms with Crippen LogP contribution >= 0.6 is 0 Å². The molecule has 6 nitrogen and oxygen atoms in total. The van der Waals surface area contributed by atoms with Gasteiger partial charge in [0.15, 0.2) is 0 Å². The summed E-state index contributed by atoms with van der Waals surface area (Å²) < 4.78 is 38.0. The lowest BCUT2D eigenvalue weighted by molar-refractivity contribution is -0.123. The predicted octanol–water partition coefficient (Wildman–Crippen LogP) is 2.62. The average Bonchev–Trinajstić information content (AvgIpc) is 3.10. The van der Waals surface area contributed by atoms with Crippen molar-refractivity contribution >= 4 is 5.91 Å². The van der Waals surface area contributed by atoms with E-state index in [2.05, 4.69) is 15.1 Å². The van der Waals surface area contributed by atoms with Crippen LogP contribution in [0.2, 0.25) is 0 Å². The van der Waals surface area contributed by atoms with Crippen molar-refractivity contribution in [3.63, 3.8) is 0 Å². The van der Waals surface area contributed by atoms with E-state index >= 15 is 0 Å². The minimum atomic E-state index is -4.45. The van der Waals surface area contributed by atoms with Gasteiger partial charge in [0.25, 0.3) is 5.91 Å². The monoisotopic (exact) mass is 347 g/mol. The molecule has 3 heterocycles. The molecule has 0 aliphatic carbocycles. The van der Waals surface area contributed by atoms with E-state index in [4.69, 9.17) is 0 Å². The molecule has 25 heavy (non-hydrogen) atoms. The molecule has 128 valence electrons. The zero-order chi connectivity index (χ0) is 17.9. The van der Waals surface area contributed by atoms with Gasteiger partial charge >= 0.3 is 6.18 Å².